The van der Waals surface area contributed by atoms with E-state index in [4.69, 9.17) is 10.9 Å². The van der Waals surface area contributed by atoms with Crippen molar-refractivity contribution >= 4 is 0 Å². The minimum atomic E-state index is 0.355. The van der Waals surface area contributed by atoms with Gasteiger partial charge in [0.2, 0.25) is 0 Å². The van der Waals surface area contributed by atoms with Crippen LogP contribution in [0.2, 0.25) is 0 Å². The topological polar surface area (TPSA) is 55.9 Å². The molecule has 4 nitrogen and oxygen atoms in total. The number of hydrogen-bond acceptors (Lipinski definition) is 3. The van der Waals surface area contributed by atoms with Crippen LogP contribution in [-0.2, 0) is 6.42 Å². The molecule has 1 aromatic heterocycles. The summed E-state index contributed by atoms with van der Waals surface area (Å²) in [6, 6.07) is 2.97. The molecule has 0 saturated heterocycles. The van der Waals surface area contributed by atoms with Gasteiger partial charge < -0.3 is 0 Å². The molecule has 3 N–H and O–H groups in total. The quantitative estimate of drug-likeness (QED) is 0.459. The molecule has 1 fully saturated rings. The molecule has 0 bridgehead atoms. The van der Waals surface area contributed by atoms with E-state index in [1.54, 1.807) is 0 Å². The van der Waals surface area contributed by atoms with Gasteiger partial charge in [0.05, 0.1) is 5.69 Å². The SMILES string of the molecule is CCC(C)n1ccc(CC(CC2CCCCCC2)NN)n1. The second-order valence-corrected chi connectivity index (χ2v) is 6.71. The van der Waals surface area contributed by atoms with Gasteiger partial charge in [0, 0.05) is 24.7 Å². The molecule has 0 amide bonds. The van der Waals surface area contributed by atoms with Gasteiger partial charge in [-0.05, 0) is 31.7 Å². The van der Waals surface area contributed by atoms with Gasteiger partial charge in [-0.3, -0.25) is 16.0 Å². The Morgan fingerprint density at radius 3 is 2.67 bits per heavy atom. The zero-order valence-electron chi connectivity index (χ0n) is 13.7. The maximum absolute atomic E-state index is 5.79. The summed E-state index contributed by atoms with van der Waals surface area (Å²) in [6.45, 7) is 4.41. The molecule has 4 heteroatoms. The van der Waals surface area contributed by atoms with E-state index in [-0.39, 0.29) is 0 Å². The Morgan fingerprint density at radius 2 is 2.05 bits per heavy atom. The van der Waals surface area contributed by atoms with Crippen LogP contribution in [0.1, 0.15) is 76.9 Å². The maximum atomic E-state index is 5.79. The number of nitrogens with one attached hydrogen (secondary N) is 1. The van der Waals surface area contributed by atoms with Crippen molar-refractivity contribution in [3.05, 3.63) is 18.0 Å². The molecule has 1 aliphatic rings. The largest absolute Gasteiger partial charge is 0.271 e. The molecular weight excluding hydrogens is 260 g/mol. The Labute approximate surface area is 129 Å². The van der Waals surface area contributed by atoms with Crippen LogP contribution >= 0.6 is 0 Å². The molecule has 0 aromatic carbocycles. The smallest absolute Gasteiger partial charge is 0.0640 e. The van der Waals surface area contributed by atoms with E-state index in [0.717, 1.165) is 24.5 Å². The highest BCUT2D eigenvalue weighted by Crippen LogP contribution is 2.27. The van der Waals surface area contributed by atoms with E-state index in [2.05, 4.69) is 36.2 Å². The minimum absolute atomic E-state index is 0.355. The van der Waals surface area contributed by atoms with Crippen molar-refractivity contribution in [1.29, 1.82) is 0 Å². The van der Waals surface area contributed by atoms with Crippen LogP contribution < -0.4 is 11.3 Å². The third-order valence-electron chi connectivity index (χ3n) is 4.99. The van der Waals surface area contributed by atoms with Crippen molar-refractivity contribution in [3.8, 4) is 0 Å². The first-order chi connectivity index (χ1) is 10.2. The van der Waals surface area contributed by atoms with Gasteiger partial charge in [-0.1, -0.05) is 45.4 Å². The van der Waals surface area contributed by atoms with E-state index in [1.807, 2.05) is 0 Å². The molecule has 0 spiro atoms. The Morgan fingerprint density at radius 1 is 1.33 bits per heavy atom. The third kappa shape index (κ3) is 5.11. The van der Waals surface area contributed by atoms with Gasteiger partial charge in [-0.2, -0.15) is 5.10 Å². The Bertz CT molecular complexity index is 393. The van der Waals surface area contributed by atoms with Gasteiger partial charge >= 0.3 is 0 Å². The van der Waals surface area contributed by atoms with Gasteiger partial charge in [0.25, 0.3) is 0 Å². The number of aromatic nitrogens is 2. The van der Waals surface area contributed by atoms with Crippen LogP contribution in [0.4, 0.5) is 0 Å². The Balaban J connectivity index is 1.87. The maximum Gasteiger partial charge on any atom is 0.0640 e. The van der Waals surface area contributed by atoms with Crippen molar-refractivity contribution in [2.75, 3.05) is 0 Å². The number of hydrogen-bond donors (Lipinski definition) is 2. The lowest BCUT2D eigenvalue weighted by Crippen LogP contribution is -2.38. The highest BCUT2D eigenvalue weighted by Gasteiger charge is 2.18. The first kappa shape index (κ1) is 16.5. The second kappa shape index (κ2) is 8.54. The Hall–Kier alpha value is -0.870. The van der Waals surface area contributed by atoms with Crippen molar-refractivity contribution in [1.82, 2.24) is 15.2 Å². The van der Waals surface area contributed by atoms with E-state index in [1.165, 1.54) is 44.9 Å². The summed E-state index contributed by atoms with van der Waals surface area (Å²) in [7, 11) is 0. The number of nitrogens with two attached hydrogens (primary N) is 1. The molecule has 2 rings (SSSR count). The molecule has 120 valence electrons. The van der Waals surface area contributed by atoms with Crippen molar-refractivity contribution < 1.29 is 0 Å². The average Bonchev–Trinajstić information content (AvgIpc) is 2.81. The molecule has 2 atom stereocenters. The molecule has 1 aromatic rings. The number of rotatable bonds is 7. The highest BCUT2D eigenvalue weighted by atomic mass is 15.3. The van der Waals surface area contributed by atoms with Crippen LogP contribution in [0, 0.1) is 5.92 Å². The minimum Gasteiger partial charge on any atom is -0.271 e. The summed E-state index contributed by atoms with van der Waals surface area (Å²) in [5.74, 6) is 6.62. The van der Waals surface area contributed by atoms with Gasteiger partial charge in [-0.25, -0.2) is 0 Å². The van der Waals surface area contributed by atoms with E-state index >= 15 is 0 Å². The summed E-state index contributed by atoms with van der Waals surface area (Å²) < 4.78 is 2.08. The summed E-state index contributed by atoms with van der Waals surface area (Å²) in [5.41, 5.74) is 4.18. The normalized spacial score (nSPS) is 20.1. The highest BCUT2D eigenvalue weighted by molar-refractivity contribution is 5.02. The fourth-order valence-electron chi connectivity index (χ4n) is 3.38. The molecular formula is C17H32N4. The molecule has 0 radical (unpaired) electrons. The fraction of sp³-hybridized carbons (Fsp3) is 0.824. The first-order valence-electron chi connectivity index (χ1n) is 8.73. The molecule has 1 heterocycles. The molecule has 1 saturated carbocycles. The zero-order chi connectivity index (χ0) is 15.1. The predicted molar refractivity (Wildman–Crippen MR) is 87.9 cm³/mol. The summed E-state index contributed by atoms with van der Waals surface area (Å²) in [4.78, 5) is 0. The number of nitrogens with zero attached hydrogens (tertiary/aromatic N) is 2. The van der Waals surface area contributed by atoms with Gasteiger partial charge in [0.15, 0.2) is 0 Å². The van der Waals surface area contributed by atoms with E-state index in [9.17, 15) is 0 Å². The van der Waals surface area contributed by atoms with Crippen LogP contribution in [0.5, 0.6) is 0 Å². The van der Waals surface area contributed by atoms with Crippen LogP contribution in [0.3, 0.4) is 0 Å². The molecule has 0 aliphatic heterocycles. The lowest BCUT2D eigenvalue weighted by atomic mass is 9.91. The monoisotopic (exact) mass is 292 g/mol. The molecule has 1 aliphatic carbocycles. The standard InChI is InChI=1S/C17H32N4/c1-3-14(2)21-11-10-16(20-21)13-17(19-18)12-15-8-6-4-5-7-9-15/h10-11,14-15,17,19H,3-9,12-13,18H2,1-2H3. The first-order valence-corrected chi connectivity index (χ1v) is 8.73. The number of hydrazine groups is 1. The Kier molecular flexibility index (Phi) is 6.71. The zero-order valence-corrected chi connectivity index (χ0v) is 13.7. The van der Waals surface area contributed by atoms with Gasteiger partial charge in [0.1, 0.15) is 0 Å². The van der Waals surface area contributed by atoms with Crippen LogP contribution in [0.25, 0.3) is 0 Å². The van der Waals surface area contributed by atoms with Crippen molar-refractivity contribution in [2.24, 2.45) is 11.8 Å². The van der Waals surface area contributed by atoms with Crippen molar-refractivity contribution in [3.63, 3.8) is 0 Å². The van der Waals surface area contributed by atoms with Crippen LogP contribution in [-0.4, -0.2) is 15.8 Å². The van der Waals surface area contributed by atoms with Crippen molar-refractivity contribution in [2.45, 2.75) is 83.7 Å². The molecule has 2 unspecified atom stereocenters. The third-order valence-corrected chi connectivity index (χ3v) is 4.99. The van der Waals surface area contributed by atoms with E-state index in [0.29, 0.717) is 12.1 Å². The lowest BCUT2D eigenvalue weighted by molar-refractivity contribution is 0.349. The lowest BCUT2D eigenvalue weighted by Gasteiger charge is -2.21. The predicted octanol–water partition coefficient (Wildman–Crippen LogP) is 3.59. The summed E-state index contributed by atoms with van der Waals surface area (Å²) in [5, 5.41) is 4.70. The molecule has 21 heavy (non-hydrogen) atoms. The van der Waals surface area contributed by atoms with Gasteiger partial charge in [-0.15, -0.1) is 0 Å². The summed E-state index contributed by atoms with van der Waals surface area (Å²) in [6.07, 6.45) is 13.7. The summed E-state index contributed by atoms with van der Waals surface area (Å²) >= 11 is 0. The second-order valence-electron chi connectivity index (χ2n) is 6.71. The fourth-order valence-corrected chi connectivity index (χ4v) is 3.38. The van der Waals surface area contributed by atoms with Crippen LogP contribution in [0.15, 0.2) is 12.3 Å². The van der Waals surface area contributed by atoms with E-state index < -0.39 is 0 Å². The average molecular weight is 292 g/mol.